The van der Waals surface area contributed by atoms with Gasteiger partial charge in [-0.15, -0.1) is 5.10 Å². The standard InChI is InChI=1S/C17H14ClN7O2/c1-26-12-7-9-11(8-13(12)27-2)21-16(18)23-15(9)25-17(19)22-14(24-25)10-5-3-4-6-20-10/h3-8H,1-2H3,(H2,19,22,24). The summed E-state index contributed by atoms with van der Waals surface area (Å²) < 4.78 is 12.1. The molecule has 0 atom stereocenters. The maximum Gasteiger partial charge on any atom is 0.225 e. The zero-order valence-corrected chi connectivity index (χ0v) is 15.2. The Labute approximate surface area is 158 Å². The molecule has 27 heavy (non-hydrogen) atoms. The SMILES string of the molecule is COc1cc2nc(Cl)nc(-n3nc(-c4ccccn4)nc3N)c2cc1OC. The number of pyridine rings is 1. The number of halogens is 1. The molecule has 10 heteroatoms. The van der Waals surface area contributed by atoms with Crippen LogP contribution in [0, 0.1) is 0 Å². The van der Waals surface area contributed by atoms with Crippen LogP contribution in [0.3, 0.4) is 0 Å². The minimum absolute atomic E-state index is 0.0407. The van der Waals surface area contributed by atoms with Gasteiger partial charge in [0.25, 0.3) is 0 Å². The number of benzene rings is 1. The van der Waals surface area contributed by atoms with Gasteiger partial charge in [-0.25, -0.2) is 4.98 Å². The Morgan fingerprint density at radius 2 is 1.81 bits per heavy atom. The van der Waals surface area contributed by atoms with Crippen molar-refractivity contribution in [1.29, 1.82) is 0 Å². The molecule has 0 aliphatic rings. The number of fused-ring (bicyclic) bond motifs is 1. The molecule has 0 unspecified atom stereocenters. The highest BCUT2D eigenvalue weighted by molar-refractivity contribution is 6.28. The average molecular weight is 384 g/mol. The molecule has 1 aromatic carbocycles. The van der Waals surface area contributed by atoms with Crippen molar-refractivity contribution in [2.24, 2.45) is 0 Å². The van der Waals surface area contributed by atoms with E-state index >= 15 is 0 Å². The molecule has 0 radical (unpaired) electrons. The highest BCUT2D eigenvalue weighted by Gasteiger charge is 2.18. The summed E-state index contributed by atoms with van der Waals surface area (Å²) in [7, 11) is 3.09. The number of hydrogen-bond donors (Lipinski definition) is 1. The first-order valence-corrected chi connectivity index (χ1v) is 8.22. The second-order valence-electron chi connectivity index (χ2n) is 5.46. The predicted molar refractivity (Wildman–Crippen MR) is 100 cm³/mol. The maximum absolute atomic E-state index is 6.11. The van der Waals surface area contributed by atoms with Crippen molar-refractivity contribution >= 4 is 28.5 Å². The van der Waals surface area contributed by atoms with Gasteiger partial charge in [-0.2, -0.15) is 14.6 Å². The van der Waals surface area contributed by atoms with Gasteiger partial charge in [0, 0.05) is 17.6 Å². The third kappa shape index (κ3) is 2.97. The van der Waals surface area contributed by atoms with E-state index in [1.807, 2.05) is 6.07 Å². The lowest BCUT2D eigenvalue weighted by Gasteiger charge is -2.11. The number of methoxy groups -OCH3 is 2. The molecule has 0 aliphatic carbocycles. The molecule has 0 saturated carbocycles. The zero-order valence-electron chi connectivity index (χ0n) is 14.4. The van der Waals surface area contributed by atoms with Gasteiger partial charge in [-0.3, -0.25) is 4.98 Å². The average Bonchev–Trinajstić information content (AvgIpc) is 3.08. The summed E-state index contributed by atoms with van der Waals surface area (Å²) in [5.41, 5.74) is 7.22. The molecule has 4 aromatic rings. The minimum atomic E-state index is 0.0407. The van der Waals surface area contributed by atoms with E-state index in [1.165, 1.54) is 4.68 Å². The van der Waals surface area contributed by atoms with Crippen LogP contribution in [0.2, 0.25) is 5.28 Å². The van der Waals surface area contributed by atoms with Crippen molar-refractivity contribution in [1.82, 2.24) is 29.7 Å². The highest BCUT2D eigenvalue weighted by Crippen LogP contribution is 2.34. The molecule has 3 aromatic heterocycles. The molecule has 2 N–H and O–H groups in total. The largest absolute Gasteiger partial charge is 0.493 e. The zero-order chi connectivity index (χ0) is 19.0. The fraction of sp³-hybridized carbons (Fsp3) is 0.118. The van der Waals surface area contributed by atoms with Crippen molar-refractivity contribution in [2.75, 3.05) is 20.0 Å². The smallest absolute Gasteiger partial charge is 0.225 e. The topological polar surface area (TPSA) is 114 Å². The van der Waals surface area contributed by atoms with Crippen LogP contribution in [0.1, 0.15) is 0 Å². The predicted octanol–water partition coefficient (Wildman–Crippen LogP) is 2.53. The molecule has 3 heterocycles. The molecule has 0 bridgehead atoms. The van der Waals surface area contributed by atoms with E-state index < -0.39 is 0 Å². The molecule has 0 amide bonds. The minimum Gasteiger partial charge on any atom is -0.493 e. The van der Waals surface area contributed by atoms with Crippen molar-refractivity contribution in [3.63, 3.8) is 0 Å². The molecule has 9 nitrogen and oxygen atoms in total. The number of nitrogens with zero attached hydrogens (tertiary/aromatic N) is 6. The van der Waals surface area contributed by atoms with Gasteiger partial charge in [-0.05, 0) is 29.8 Å². The van der Waals surface area contributed by atoms with Gasteiger partial charge < -0.3 is 15.2 Å². The number of rotatable bonds is 4. The number of anilines is 1. The van der Waals surface area contributed by atoms with Gasteiger partial charge >= 0.3 is 0 Å². The van der Waals surface area contributed by atoms with E-state index in [0.717, 1.165) is 0 Å². The third-order valence-electron chi connectivity index (χ3n) is 3.88. The van der Waals surface area contributed by atoms with E-state index in [2.05, 4.69) is 25.0 Å². The molecule has 0 spiro atoms. The summed E-state index contributed by atoms with van der Waals surface area (Å²) in [5.74, 6) is 1.92. The Kier molecular flexibility index (Phi) is 4.21. The molecular formula is C17H14ClN7O2. The molecule has 0 aliphatic heterocycles. The normalized spacial score (nSPS) is 10.9. The van der Waals surface area contributed by atoms with Crippen LogP contribution in [0.25, 0.3) is 28.2 Å². The van der Waals surface area contributed by atoms with E-state index in [1.54, 1.807) is 44.7 Å². The lowest BCUT2D eigenvalue weighted by molar-refractivity contribution is 0.355. The third-order valence-corrected chi connectivity index (χ3v) is 4.05. The Morgan fingerprint density at radius 3 is 2.52 bits per heavy atom. The molecule has 0 fully saturated rings. The van der Waals surface area contributed by atoms with E-state index in [9.17, 15) is 0 Å². The van der Waals surface area contributed by atoms with E-state index in [0.29, 0.717) is 39.7 Å². The van der Waals surface area contributed by atoms with E-state index in [4.69, 9.17) is 26.8 Å². The number of aromatic nitrogens is 6. The molecule has 136 valence electrons. The van der Waals surface area contributed by atoms with Crippen LogP contribution < -0.4 is 15.2 Å². The summed E-state index contributed by atoms with van der Waals surface area (Å²) >= 11 is 6.11. The van der Waals surface area contributed by atoms with Gasteiger partial charge in [-0.1, -0.05) is 6.07 Å². The van der Waals surface area contributed by atoms with Crippen LogP contribution >= 0.6 is 11.6 Å². The van der Waals surface area contributed by atoms with Crippen molar-refractivity contribution in [2.45, 2.75) is 0 Å². The van der Waals surface area contributed by atoms with Gasteiger partial charge in [0.05, 0.1) is 19.7 Å². The van der Waals surface area contributed by atoms with E-state index in [-0.39, 0.29) is 11.2 Å². The highest BCUT2D eigenvalue weighted by atomic mass is 35.5. The van der Waals surface area contributed by atoms with Crippen LogP contribution in [0.15, 0.2) is 36.5 Å². The Balaban J connectivity index is 1.95. The number of ether oxygens (including phenoxy) is 2. The van der Waals surface area contributed by atoms with Crippen LogP contribution in [-0.4, -0.2) is 43.9 Å². The Morgan fingerprint density at radius 1 is 1.04 bits per heavy atom. The van der Waals surface area contributed by atoms with Gasteiger partial charge in [0.15, 0.2) is 17.3 Å². The van der Waals surface area contributed by atoms with Crippen molar-refractivity contribution < 1.29 is 9.47 Å². The summed E-state index contributed by atoms with van der Waals surface area (Å²) in [6.07, 6.45) is 1.65. The van der Waals surface area contributed by atoms with Crippen LogP contribution in [0.4, 0.5) is 5.95 Å². The number of nitrogens with two attached hydrogens (primary N) is 1. The second kappa shape index (κ2) is 6.69. The van der Waals surface area contributed by atoms with Gasteiger partial charge in [0.1, 0.15) is 5.69 Å². The fourth-order valence-corrected chi connectivity index (χ4v) is 2.83. The molecule has 0 saturated heterocycles. The first kappa shape index (κ1) is 17.0. The first-order chi connectivity index (χ1) is 13.1. The number of hydrogen-bond acceptors (Lipinski definition) is 8. The second-order valence-corrected chi connectivity index (χ2v) is 5.80. The summed E-state index contributed by atoms with van der Waals surface area (Å²) in [5, 5.41) is 5.10. The Bertz CT molecular complexity index is 1130. The summed E-state index contributed by atoms with van der Waals surface area (Å²) in [4.78, 5) is 17.0. The lowest BCUT2D eigenvalue weighted by Crippen LogP contribution is -2.07. The lowest BCUT2D eigenvalue weighted by atomic mass is 10.2. The monoisotopic (exact) mass is 383 g/mol. The fourth-order valence-electron chi connectivity index (χ4n) is 2.66. The quantitative estimate of drug-likeness (QED) is 0.535. The molecular weight excluding hydrogens is 370 g/mol. The van der Waals surface area contributed by atoms with Crippen molar-refractivity contribution in [3.8, 4) is 28.8 Å². The van der Waals surface area contributed by atoms with Crippen LogP contribution in [0.5, 0.6) is 11.5 Å². The number of nitrogen functional groups attached to an aromatic ring is 1. The van der Waals surface area contributed by atoms with Gasteiger partial charge in [0.2, 0.25) is 17.1 Å². The maximum atomic E-state index is 6.11. The van der Waals surface area contributed by atoms with Crippen LogP contribution in [-0.2, 0) is 0 Å². The Hall–Kier alpha value is -3.46. The first-order valence-electron chi connectivity index (χ1n) is 7.84. The van der Waals surface area contributed by atoms with Crippen molar-refractivity contribution in [3.05, 3.63) is 41.8 Å². The summed E-state index contributed by atoms with van der Waals surface area (Å²) in [6.45, 7) is 0. The molecule has 4 rings (SSSR count). The summed E-state index contributed by atoms with van der Waals surface area (Å²) in [6, 6.07) is 8.88.